The van der Waals surface area contributed by atoms with E-state index in [-0.39, 0.29) is 5.91 Å². The highest BCUT2D eigenvalue weighted by Gasteiger charge is 2.06. The van der Waals surface area contributed by atoms with Crippen LogP contribution in [-0.4, -0.2) is 17.1 Å². The van der Waals surface area contributed by atoms with Crippen molar-refractivity contribution in [1.82, 2.24) is 10.5 Å². The van der Waals surface area contributed by atoms with E-state index in [1.54, 1.807) is 13.0 Å². The normalized spacial score (nSPS) is 12.5. The van der Waals surface area contributed by atoms with E-state index >= 15 is 0 Å². The van der Waals surface area contributed by atoms with Crippen LogP contribution in [0.15, 0.2) is 16.9 Å². The predicted molar refractivity (Wildman–Crippen MR) is 42.0 cm³/mol. The second-order valence-electron chi connectivity index (χ2n) is 2.50. The van der Waals surface area contributed by atoms with Crippen LogP contribution in [-0.2, 0) is 11.3 Å². The summed E-state index contributed by atoms with van der Waals surface area (Å²) >= 11 is 0. The molecule has 0 radical (unpaired) electrons. The molecule has 0 fully saturated rings. The summed E-state index contributed by atoms with van der Waals surface area (Å²) in [7, 11) is 0. The first-order valence-corrected chi connectivity index (χ1v) is 3.62. The lowest BCUT2D eigenvalue weighted by Gasteiger charge is -2.04. The summed E-state index contributed by atoms with van der Waals surface area (Å²) in [5.41, 5.74) is 6.00. The van der Waals surface area contributed by atoms with Crippen molar-refractivity contribution in [3.05, 3.63) is 18.0 Å². The average molecular weight is 169 g/mol. The smallest absolute Gasteiger partial charge is 0.236 e. The molecule has 5 heteroatoms. The van der Waals surface area contributed by atoms with Gasteiger partial charge >= 0.3 is 0 Å². The van der Waals surface area contributed by atoms with Gasteiger partial charge in [0.15, 0.2) is 0 Å². The van der Waals surface area contributed by atoms with Crippen molar-refractivity contribution in [2.75, 3.05) is 0 Å². The second-order valence-corrected chi connectivity index (χ2v) is 2.50. The molecule has 1 amide bonds. The van der Waals surface area contributed by atoms with Gasteiger partial charge in [0.1, 0.15) is 12.0 Å². The number of hydrogen-bond donors (Lipinski definition) is 2. The lowest BCUT2D eigenvalue weighted by molar-refractivity contribution is -0.122. The first kappa shape index (κ1) is 8.73. The van der Waals surface area contributed by atoms with E-state index in [1.807, 2.05) is 0 Å². The van der Waals surface area contributed by atoms with Gasteiger partial charge in [-0.3, -0.25) is 4.79 Å². The lowest BCUT2D eigenvalue weighted by atomic mass is 10.3. The summed E-state index contributed by atoms with van der Waals surface area (Å²) in [6, 6.07) is 1.19. The first-order chi connectivity index (χ1) is 5.70. The Morgan fingerprint density at radius 1 is 1.92 bits per heavy atom. The summed E-state index contributed by atoms with van der Waals surface area (Å²) in [5.74, 6) is -0.196. The third kappa shape index (κ3) is 2.35. The number of rotatable bonds is 3. The third-order valence-electron chi connectivity index (χ3n) is 1.35. The van der Waals surface area contributed by atoms with Gasteiger partial charge in [0, 0.05) is 6.07 Å². The van der Waals surface area contributed by atoms with Crippen molar-refractivity contribution in [3.63, 3.8) is 0 Å². The van der Waals surface area contributed by atoms with Gasteiger partial charge in [-0.25, -0.2) is 0 Å². The molecular formula is C7H11N3O2. The van der Waals surface area contributed by atoms with Gasteiger partial charge in [-0.2, -0.15) is 0 Å². The van der Waals surface area contributed by atoms with Crippen LogP contribution < -0.4 is 11.1 Å². The van der Waals surface area contributed by atoms with Gasteiger partial charge in [0.2, 0.25) is 5.91 Å². The number of nitrogens with one attached hydrogen (secondary N) is 1. The SMILES string of the molecule is CC(N)C(=O)NCc1ccon1. The molecule has 0 aliphatic heterocycles. The molecule has 12 heavy (non-hydrogen) atoms. The van der Waals surface area contributed by atoms with Crippen LogP contribution in [0, 0.1) is 0 Å². The molecule has 0 aliphatic carbocycles. The minimum absolute atomic E-state index is 0.196. The quantitative estimate of drug-likeness (QED) is 0.647. The van der Waals surface area contributed by atoms with Crippen molar-refractivity contribution in [1.29, 1.82) is 0 Å². The summed E-state index contributed by atoms with van der Waals surface area (Å²) in [6.45, 7) is 1.98. The van der Waals surface area contributed by atoms with E-state index < -0.39 is 6.04 Å². The van der Waals surface area contributed by atoms with Crippen LogP contribution in [0.1, 0.15) is 12.6 Å². The molecule has 5 nitrogen and oxygen atoms in total. The zero-order chi connectivity index (χ0) is 8.97. The molecule has 1 unspecified atom stereocenters. The maximum atomic E-state index is 10.9. The van der Waals surface area contributed by atoms with Crippen molar-refractivity contribution >= 4 is 5.91 Å². The Labute approximate surface area is 69.9 Å². The molecule has 1 atom stereocenters. The maximum absolute atomic E-state index is 10.9. The van der Waals surface area contributed by atoms with Crippen LogP contribution in [0.5, 0.6) is 0 Å². The third-order valence-corrected chi connectivity index (χ3v) is 1.35. The highest BCUT2D eigenvalue weighted by Crippen LogP contribution is 1.92. The molecule has 0 aliphatic rings. The van der Waals surface area contributed by atoms with Crippen molar-refractivity contribution < 1.29 is 9.32 Å². The van der Waals surface area contributed by atoms with Gasteiger partial charge in [0.05, 0.1) is 12.6 Å². The Balaban J connectivity index is 2.32. The molecule has 1 aromatic heterocycles. The van der Waals surface area contributed by atoms with E-state index in [0.29, 0.717) is 12.2 Å². The minimum atomic E-state index is -0.489. The molecule has 0 saturated heterocycles. The Bertz CT molecular complexity index is 243. The Morgan fingerprint density at radius 3 is 3.17 bits per heavy atom. The van der Waals surface area contributed by atoms with Gasteiger partial charge in [-0.15, -0.1) is 0 Å². The Morgan fingerprint density at radius 2 is 2.67 bits per heavy atom. The standard InChI is InChI=1S/C7H11N3O2/c1-5(8)7(11)9-4-6-2-3-12-10-6/h2-3,5H,4,8H2,1H3,(H,9,11). The predicted octanol–water partition coefficient (Wildman–Crippen LogP) is -0.362. The molecular weight excluding hydrogens is 158 g/mol. The fourth-order valence-corrected chi connectivity index (χ4v) is 0.667. The summed E-state index contributed by atoms with van der Waals surface area (Å²) in [4.78, 5) is 10.9. The molecule has 66 valence electrons. The maximum Gasteiger partial charge on any atom is 0.236 e. The highest BCUT2D eigenvalue weighted by molar-refractivity contribution is 5.80. The van der Waals surface area contributed by atoms with E-state index in [2.05, 4.69) is 15.0 Å². The molecule has 1 heterocycles. The monoisotopic (exact) mass is 169 g/mol. The zero-order valence-electron chi connectivity index (χ0n) is 6.78. The molecule has 0 aromatic carbocycles. The topological polar surface area (TPSA) is 81.2 Å². The number of nitrogens with zero attached hydrogens (tertiary/aromatic N) is 1. The number of aromatic nitrogens is 1. The van der Waals surface area contributed by atoms with E-state index in [0.717, 1.165) is 0 Å². The fraction of sp³-hybridized carbons (Fsp3) is 0.429. The Hall–Kier alpha value is -1.36. The molecule has 1 aromatic rings. The van der Waals surface area contributed by atoms with Crippen LogP contribution in [0.25, 0.3) is 0 Å². The molecule has 0 saturated carbocycles. The van der Waals surface area contributed by atoms with Gasteiger partial charge in [-0.1, -0.05) is 5.16 Å². The average Bonchev–Trinajstić information content (AvgIpc) is 2.51. The summed E-state index contributed by atoms with van der Waals surface area (Å²) in [5, 5.41) is 6.22. The van der Waals surface area contributed by atoms with Crippen molar-refractivity contribution in [2.45, 2.75) is 19.5 Å². The molecule has 0 bridgehead atoms. The van der Waals surface area contributed by atoms with Crippen LogP contribution in [0.4, 0.5) is 0 Å². The van der Waals surface area contributed by atoms with Crippen molar-refractivity contribution in [2.24, 2.45) is 5.73 Å². The van der Waals surface area contributed by atoms with E-state index in [9.17, 15) is 4.79 Å². The van der Waals surface area contributed by atoms with Gasteiger partial charge in [0.25, 0.3) is 0 Å². The van der Waals surface area contributed by atoms with Gasteiger partial charge < -0.3 is 15.6 Å². The molecule has 3 N–H and O–H groups in total. The first-order valence-electron chi connectivity index (χ1n) is 3.62. The highest BCUT2D eigenvalue weighted by atomic mass is 16.5. The number of carbonyl (C=O) groups excluding carboxylic acids is 1. The molecule has 0 spiro atoms. The van der Waals surface area contributed by atoms with E-state index in [1.165, 1.54) is 6.26 Å². The Kier molecular flexibility index (Phi) is 2.82. The largest absolute Gasteiger partial charge is 0.364 e. The van der Waals surface area contributed by atoms with Crippen LogP contribution in [0.2, 0.25) is 0 Å². The number of carbonyl (C=O) groups is 1. The van der Waals surface area contributed by atoms with Crippen molar-refractivity contribution in [3.8, 4) is 0 Å². The number of nitrogens with two attached hydrogens (primary N) is 1. The minimum Gasteiger partial charge on any atom is -0.364 e. The second kappa shape index (κ2) is 3.87. The van der Waals surface area contributed by atoms with Gasteiger partial charge in [-0.05, 0) is 6.92 Å². The zero-order valence-corrected chi connectivity index (χ0v) is 6.78. The summed E-state index contributed by atoms with van der Waals surface area (Å²) in [6.07, 6.45) is 1.45. The summed E-state index contributed by atoms with van der Waals surface area (Å²) < 4.78 is 4.57. The lowest BCUT2D eigenvalue weighted by Crippen LogP contribution is -2.37. The van der Waals surface area contributed by atoms with Crippen LogP contribution in [0.3, 0.4) is 0 Å². The molecule has 1 rings (SSSR count). The number of amides is 1. The number of hydrogen-bond acceptors (Lipinski definition) is 4. The van der Waals surface area contributed by atoms with E-state index in [4.69, 9.17) is 5.73 Å². The fourth-order valence-electron chi connectivity index (χ4n) is 0.667. The van der Waals surface area contributed by atoms with Crippen LogP contribution >= 0.6 is 0 Å².